The van der Waals surface area contributed by atoms with E-state index in [1.807, 2.05) is 6.07 Å². The Morgan fingerprint density at radius 3 is 2.07 bits per heavy atom. The number of amidine groups is 1. The number of sulfonamides is 1. The normalized spacial score (nSPS) is 11.6. The highest BCUT2D eigenvalue weighted by molar-refractivity contribution is 7.90. The molecule has 0 aromatic heterocycles. The molecule has 0 bridgehead atoms. The molecule has 0 atom stereocenters. The maximum absolute atomic E-state index is 12.7. The van der Waals surface area contributed by atoms with Gasteiger partial charge in [-0.3, -0.25) is 0 Å². The number of thiocarbonyl (C=S) groups is 1. The van der Waals surface area contributed by atoms with Gasteiger partial charge in [-0.15, -0.1) is 4.40 Å². The average molecular weight is 426 g/mol. The molecule has 0 saturated carbocycles. The summed E-state index contributed by atoms with van der Waals surface area (Å²) >= 11 is 5.35. The summed E-state index contributed by atoms with van der Waals surface area (Å²) in [5, 5.41) is 6.11. The van der Waals surface area contributed by atoms with E-state index in [-0.39, 0.29) is 15.8 Å². The predicted octanol–water partition coefficient (Wildman–Crippen LogP) is 3.82. The van der Waals surface area contributed by atoms with Crippen molar-refractivity contribution in [1.29, 1.82) is 0 Å². The molecule has 2 N–H and O–H groups in total. The van der Waals surface area contributed by atoms with Gasteiger partial charge in [0.2, 0.25) is 0 Å². The lowest BCUT2D eigenvalue weighted by molar-refractivity contribution is 0.415. The van der Waals surface area contributed by atoms with E-state index in [2.05, 4.69) is 15.0 Å². The van der Waals surface area contributed by atoms with Crippen LogP contribution in [0.1, 0.15) is 5.56 Å². The van der Waals surface area contributed by atoms with Crippen LogP contribution in [-0.2, 0) is 10.0 Å². The Morgan fingerprint density at radius 1 is 0.897 bits per heavy atom. The molecule has 8 heteroatoms. The van der Waals surface area contributed by atoms with Gasteiger partial charge >= 0.3 is 0 Å². The molecule has 0 aliphatic rings. The lowest BCUT2D eigenvalue weighted by Crippen LogP contribution is -2.35. The van der Waals surface area contributed by atoms with E-state index in [0.717, 1.165) is 11.4 Å². The van der Waals surface area contributed by atoms with E-state index in [9.17, 15) is 8.42 Å². The molecule has 0 unspecified atom stereocenters. The second kappa shape index (κ2) is 9.31. The van der Waals surface area contributed by atoms with Crippen LogP contribution < -0.4 is 15.4 Å². The summed E-state index contributed by atoms with van der Waals surface area (Å²) < 4.78 is 34.6. The summed E-state index contributed by atoms with van der Waals surface area (Å²) in [4.78, 5) is 0.101. The van der Waals surface area contributed by atoms with E-state index < -0.39 is 10.0 Å². The molecule has 0 fully saturated rings. The fourth-order valence-corrected chi connectivity index (χ4v) is 3.67. The molecular weight excluding hydrogens is 406 g/mol. The van der Waals surface area contributed by atoms with Gasteiger partial charge in [-0.1, -0.05) is 48.5 Å². The van der Waals surface area contributed by atoms with Crippen LogP contribution in [0.2, 0.25) is 0 Å². The monoisotopic (exact) mass is 425 g/mol. The van der Waals surface area contributed by atoms with Gasteiger partial charge < -0.3 is 15.4 Å². The highest BCUT2D eigenvalue weighted by Gasteiger charge is 2.16. The zero-order valence-corrected chi connectivity index (χ0v) is 17.2. The number of hydrogen-bond acceptors (Lipinski definition) is 4. The minimum Gasteiger partial charge on any atom is -0.497 e. The second-order valence-electron chi connectivity index (χ2n) is 5.90. The summed E-state index contributed by atoms with van der Waals surface area (Å²) in [6.07, 6.45) is 0. The number of nitrogens with zero attached hydrogens (tertiary/aromatic N) is 1. The van der Waals surface area contributed by atoms with Gasteiger partial charge in [-0.2, -0.15) is 8.42 Å². The predicted molar refractivity (Wildman–Crippen MR) is 119 cm³/mol. The Morgan fingerprint density at radius 2 is 1.48 bits per heavy atom. The number of methoxy groups -OCH3 is 1. The van der Waals surface area contributed by atoms with Gasteiger partial charge in [0.25, 0.3) is 10.0 Å². The van der Waals surface area contributed by atoms with Crippen molar-refractivity contribution in [3.05, 3.63) is 90.5 Å². The molecule has 0 saturated heterocycles. The third-order valence-electron chi connectivity index (χ3n) is 3.88. The molecule has 0 radical (unpaired) electrons. The molecule has 0 aliphatic heterocycles. The molecule has 3 aromatic carbocycles. The quantitative estimate of drug-likeness (QED) is 0.368. The summed E-state index contributed by atoms with van der Waals surface area (Å²) in [7, 11) is -2.33. The number of nitrogens with one attached hydrogen (secondary N) is 2. The maximum Gasteiger partial charge on any atom is 0.284 e. The minimum atomic E-state index is -3.91. The molecule has 0 heterocycles. The van der Waals surface area contributed by atoms with Crippen LogP contribution in [-0.4, -0.2) is 26.5 Å². The van der Waals surface area contributed by atoms with E-state index in [0.29, 0.717) is 5.56 Å². The lowest BCUT2D eigenvalue weighted by Gasteiger charge is -2.13. The van der Waals surface area contributed by atoms with Crippen molar-refractivity contribution in [2.24, 2.45) is 4.40 Å². The first kappa shape index (κ1) is 20.5. The molecular formula is C21H19N3O3S2. The van der Waals surface area contributed by atoms with Crippen LogP contribution in [0.4, 0.5) is 5.69 Å². The molecule has 0 amide bonds. The van der Waals surface area contributed by atoms with Crippen LogP contribution in [0.5, 0.6) is 5.75 Å². The smallest absolute Gasteiger partial charge is 0.284 e. The number of ether oxygens (including phenoxy) is 1. The van der Waals surface area contributed by atoms with Crippen molar-refractivity contribution < 1.29 is 13.2 Å². The largest absolute Gasteiger partial charge is 0.497 e. The van der Waals surface area contributed by atoms with Crippen molar-refractivity contribution in [3.8, 4) is 5.75 Å². The number of benzene rings is 3. The Kier molecular flexibility index (Phi) is 6.58. The summed E-state index contributed by atoms with van der Waals surface area (Å²) in [6.45, 7) is 0. The van der Waals surface area contributed by atoms with Gasteiger partial charge in [-0.05, 0) is 48.6 Å². The number of hydrogen-bond donors (Lipinski definition) is 2. The first-order chi connectivity index (χ1) is 14.0. The Balaban J connectivity index is 1.87. The zero-order valence-electron chi connectivity index (χ0n) is 15.6. The third-order valence-corrected chi connectivity index (χ3v) is 5.37. The SMILES string of the molecule is COc1ccc(NC(=S)N/C(=N/S(=O)(=O)c2ccccc2)c2ccccc2)cc1. The molecule has 0 spiro atoms. The fraction of sp³-hybridized carbons (Fsp3) is 0.0476. The van der Waals surface area contributed by atoms with Crippen LogP contribution in [0.25, 0.3) is 0 Å². The van der Waals surface area contributed by atoms with Crippen molar-refractivity contribution in [1.82, 2.24) is 5.32 Å². The third kappa shape index (κ3) is 5.63. The van der Waals surface area contributed by atoms with Crippen LogP contribution in [0.3, 0.4) is 0 Å². The summed E-state index contributed by atoms with van der Waals surface area (Å²) in [5.41, 5.74) is 1.31. The highest BCUT2D eigenvalue weighted by atomic mass is 32.2. The van der Waals surface area contributed by atoms with Crippen molar-refractivity contribution in [2.45, 2.75) is 4.90 Å². The van der Waals surface area contributed by atoms with Crippen LogP contribution in [0.15, 0.2) is 94.2 Å². The van der Waals surface area contributed by atoms with E-state index in [1.54, 1.807) is 73.8 Å². The van der Waals surface area contributed by atoms with Gasteiger partial charge in [0.05, 0.1) is 12.0 Å². The van der Waals surface area contributed by atoms with Crippen molar-refractivity contribution >= 4 is 38.9 Å². The summed E-state index contributed by atoms with van der Waals surface area (Å²) in [6, 6.07) is 24.1. The van der Waals surface area contributed by atoms with Gasteiger partial charge in [-0.25, -0.2) is 0 Å². The average Bonchev–Trinajstić information content (AvgIpc) is 2.75. The van der Waals surface area contributed by atoms with Crippen molar-refractivity contribution in [3.63, 3.8) is 0 Å². The Labute approximate surface area is 175 Å². The van der Waals surface area contributed by atoms with Crippen molar-refractivity contribution in [2.75, 3.05) is 12.4 Å². The second-order valence-corrected chi connectivity index (χ2v) is 7.91. The number of anilines is 1. The zero-order chi connectivity index (χ0) is 20.7. The molecule has 6 nitrogen and oxygen atoms in total. The first-order valence-electron chi connectivity index (χ1n) is 8.65. The van der Waals surface area contributed by atoms with Gasteiger partial charge in [0.1, 0.15) is 5.75 Å². The van der Waals surface area contributed by atoms with E-state index in [1.165, 1.54) is 12.1 Å². The topological polar surface area (TPSA) is 79.8 Å². The molecule has 3 aromatic rings. The van der Waals surface area contributed by atoms with Gasteiger partial charge in [0.15, 0.2) is 10.9 Å². The van der Waals surface area contributed by atoms with Gasteiger partial charge in [0, 0.05) is 11.3 Å². The lowest BCUT2D eigenvalue weighted by atomic mass is 10.2. The Hall–Kier alpha value is -3.23. The molecule has 0 aliphatic carbocycles. The Bertz CT molecular complexity index is 1100. The van der Waals surface area contributed by atoms with Crippen LogP contribution in [0, 0.1) is 0 Å². The molecule has 3 rings (SSSR count). The van der Waals surface area contributed by atoms with Crippen LogP contribution >= 0.6 is 12.2 Å². The molecule has 29 heavy (non-hydrogen) atoms. The first-order valence-corrected chi connectivity index (χ1v) is 10.5. The fourth-order valence-electron chi connectivity index (χ4n) is 2.45. The van der Waals surface area contributed by atoms with E-state index in [4.69, 9.17) is 17.0 Å². The number of rotatable bonds is 5. The highest BCUT2D eigenvalue weighted by Crippen LogP contribution is 2.16. The molecule has 148 valence electrons. The summed E-state index contributed by atoms with van der Waals surface area (Å²) in [5.74, 6) is 0.843. The van der Waals surface area contributed by atoms with E-state index >= 15 is 0 Å². The standard InChI is InChI=1S/C21H19N3O3S2/c1-27-18-14-12-17(13-15-18)22-21(28)23-20(16-8-4-2-5-9-16)24-29(25,26)19-10-6-3-7-11-19/h2-15H,1H3,(H2,22,23,24,28). The maximum atomic E-state index is 12.7. The minimum absolute atomic E-state index is 0.101.